The Morgan fingerprint density at radius 2 is 1.45 bits per heavy atom. The van der Waals surface area contributed by atoms with Crippen LogP contribution >= 0.6 is 0 Å². The Morgan fingerprint density at radius 1 is 0.862 bits per heavy atom. The summed E-state index contributed by atoms with van der Waals surface area (Å²) in [7, 11) is 0. The van der Waals surface area contributed by atoms with Gasteiger partial charge in [0.25, 0.3) is 0 Å². The van der Waals surface area contributed by atoms with Crippen molar-refractivity contribution in [2.75, 3.05) is 5.32 Å². The predicted molar refractivity (Wildman–Crippen MR) is 95.9 cm³/mol. The summed E-state index contributed by atoms with van der Waals surface area (Å²) in [6.45, 7) is -5.79. The van der Waals surface area contributed by atoms with Gasteiger partial charge in [-0.05, 0) is 53.6 Å². The van der Waals surface area contributed by atoms with Gasteiger partial charge in [-0.15, -0.1) is 0 Å². The number of halogens is 4. The summed E-state index contributed by atoms with van der Waals surface area (Å²) in [5.74, 6) is 0.582. The zero-order valence-electron chi connectivity index (χ0n) is 14.7. The van der Waals surface area contributed by atoms with E-state index in [9.17, 15) is 17.6 Å². The number of ether oxygens (including phenoxy) is 2. The van der Waals surface area contributed by atoms with Gasteiger partial charge in [0.1, 0.15) is 23.9 Å². The average Bonchev–Trinajstić information content (AvgIpc) is 3.16. The first kappa shape index (κ1) is 18.8. The molecule has 0 bridgehead atoms. The van der Waals surface area contributed by atoms with Gasteiger partial charge in [-0.25, -0.2) is 4.68 Å². The van der Waals surface area contributed by atoms with E-state index in [4.69, 9.17) is 0 Å². The van der Waals surface area contributed by atoms with Gasteiger partial charge < -0.3 is 14.8 Å². The van der Waals surface area contributed by atoms with Crippen molar-refractivity contribution in [3.05, 3.63) is 72.1 Å². The summed E-state index contributed by atoms with van der Waals surface area (Å²) in [5.41, 5.74) is 2.19. The van der Waals surface area contributed by atoms with Crippen LogP contribution in [-0.2, 0) is 0 Å². The number of nitrogens with one attached hydrogen (secondary N) is 1. The molecular formula is C19H14F4N4O2. The molecule has 0 unspecified atom stereocenters. The Morgan fingerprint density at radius 3 is 2.03 bits per heavy atom. The van der Waals surface area contributed by atoms with Crippen LogP contribution < -0.4 is 14.8 Å². The van der Waals surface area contributed by atoms with Crippen molar-refractivity contribution in [3.8, 4) is 11.5 Å². The van der Waals surface area contributed by atoms with Crippen LogP contribution in [0.2, 0.25) is 0 Å². The molecule has 0 fully saturated rings. The number of allylic oxidation sites excluding steroid dienone is 1. The van der Waals surface area contributed by atoms with Gasteiger partial charge in [-0.3, -0.25) is 0 Å². The van der Waals surface area contributed by atoms with E-state index in [1.54, 1.807) is 28.9 Å². The molecule has 0 saturated carbocycles. The third-order valence-electron chi connectivity index (χ3n) is 4.24. The van der Waals surface area contributed by atoms with Gasteiger partial charge in [-0.2, -0.15) is 27.6 Å². The van der Waals surface area contributed by atoms with E-state index < -0.39 is 13.2 Å². The molecular weight excluding hydrogens is 392 g/mol. The zero-order chi connectivity index (χ0) is 20.4. The molecule has 0 radical (unpaired) electrons. The van der Waals surface area contributed by atoms with Gasteiger partial charge >= 0.3 is 13.2 Å². The number of hydrogen-bond acceptors (Lipinski definition) is 5. The molecule has 1 N–H and O–H groups in total. The molecule has 0 amide bonds. The van der Waals surface area contributed by atoms with E-state index in [0.29, 0.717) is 11.6 Å². The van der Waals surface area contributed by atoms with Gasteiger partial charge in [0, 0.05) is 5.70 Å². The summed E-state index contributed by atoms with van der Waals surface area (Å²) in [5, 5.41) is 7.33. The maximum absolute atomic E-state index is 12.4. The zero-order valence-corrected chi connectivity index (χ0v) is 14.7. The van der Waals surface area contributed by atoms with Gasteiger partial charge in [0.2, 0.25) is 5.95 Å². The van der Waals surface area contributed by atoms with Crippen LogP contribution in [0.15, 0.2) is 60.9 Å². The Balaban J connectivity index is 1.64. The molecule has 2 aromatic carbocycles. The first-order chi connectivity index (χ1) is 14.0. The number of alkyl halides is 4. The number of anilines is 1. The molecule has 4 rings (SSSR count). The standard InChI is InChI=1S/C19H14F4N4O2/c20-17(21)28-13-5-1-11(2-6-13)15-9-16(27-19(26-15)24-10-25-27)12-3-7-14(8-4-12)29-18(22)23/h1-10,16-18H,(H,24,25,26)/t16-/m1/s1. The van der Waals surface area contributed by atoms with Crippen LogP contribution in [0.3, 0.4) is 0 Å². The molecule has 1 aliphatic heterocycles. The lowest BCUT2D eigenvalue weighted by Crippen LogP contribution is -2.20. The molecule has 0 saturated heterocycles. The lowest BCUT2D eigenvalue weighted by molar-refractivity contribution is -0.0505. The van der Waals surface area contributed by atoms with Crippen molar-refractivity contribution in [1.29, 1.82) is 0 Å². The van der Waals surface area contributed by atoms with E-state index in [1.165, 1.54) is 30.6 Å². The molecule has 3 aromatic rings. The highest BCUT2D eigenvalue weighted by Gasteiger charge is 2.23. The number of fused-ring (bicyclic) bond motifs is 1. The largest absolute Gasteiger partial charge is 0.435 e. The molecule has 150 valence electrons. The molecule has 1 atom stereocenters. The molecule has 1 aliphatic rings. The molecule has 29 heavy (non-hydrogen) atoms. The minimum Gasteiger partial charge on any atom is -0.435 e. The van der Waals surface area contributed by atoms with Crippen molar-refractivity contribution >= 4 is 11.6 Å². The van der Waals surface area contributed by atoms with Crippen LogP contribution in [-0.4, -0.2) is 28.0 Å². The first-order valence-corrected chi connectivity index (χ1v) is 8.48. The van der Waals surface area contributed by atoms with Gasteiger partial charge in [-0.1, -0.05) is 12.1 Å². The number of nitrogens with zero attached hydrogens (tertiary/aromatic N) is 3. The quantitative estimate of drug-likeness (QED) is 0.610. The highest BCUT2D eigenvalue weighted by atomic mass is 19.3. The normalized spacial score (nSPS) is 15.7. The fourth-order valence-corrected chi connectivity index (χ4v) is 3.00. The molecule has 2 heterocycles. The molecule has 10 heteroatoms. The lowest BCUT2D eigenvalue weighted by atomic mass is 10.0. The number of benzene rings is 2. The van der Waals surface area contributed by atoms with Crippen molar-refractivity contribution in [2.24, 2.45) is 0 Å². The molecule has 1 aromatic heterocycles. The summed E-state index contributed by atoms with van der Waals surface area (Å²) in [6, 6.07) is 12.0. The minimum atomic E-state index is -2.90. The van der Waals surface area contributed by atoms with Crippen molar-refractivity contribution in [3.63, 3.8) is 0 Å². The second kappa shape index (κ2) is 7.82. The maximum Gasteiger partial charge on any atom is 0.387 e. The first-order valence-electron chi connectivity index (χ1n) is 8.48. The van der Waals surface area contributed by atoms with E-state index in [-0.39, 0.29) is 17.5 Å². The highest BCUT2D eigenvalue weighted by Crippen LogP contribution is 2.33. The minimum absolute atomic E-state index is 0.0505. The van der Waals surface area contributed by atoms with E-state index in [1.807, 2.05) is 6.08 Å². The summed E-state index contributed by atoms with van der Waals surface area (Å²) < 4.78 is 59.8. The van der Waals surface area contributed by atoms with Crippen LogP contribution in [0.25, 0.3) is 5.70 Å². The third-order valence-corrected chi connectivity index (χ3v) is 4.24. The van der Waals surface area contributed by atoms with Crippen LogP contribution in [0, 0.1) is 0 Å². The lowest BCUT2D eigenvalue weighted by Gasteiger charge is -2.24. The van der Waals surface area contributed by atoms with E-state index >= 15 is 0 Å². The Bertz CT molecular complexity index is 1000. The van der Waals surface area contributed by atoms with Crippen LogP contribution in [0.1, 0.15) is 17.2 Å². The SMILES string of the molecule is FC(F)Oc1ccc(C2=C[C@H](c3ccc(OC(F)F)cc3)n3ncnc3N2)cc1. The summed E-state index contributed by atoms with van der Waals surface area (Å²) in [6.07, 6.45) is 3.26. The Kier molecular flexibility index (Phi) is 5.07. The third kappa shape index (κ3) is 4.15. The number of rotatable bonds is 6. The second-order valence-electron chi connectivity index (χ2n) is 6.03. The van der Waals surface area contributed by atoms with E-state index in [0.717, 1.165) is 11.1 Å². The van der Waals surface area contributed by atoms with E-state index in [2.05, 4.69) is 24.9 Å². The maximum atomic E-state index is 12.4. The van der Waals surface area contributed by atoms with Crippen LogP contribution in [0.5, 0.6) is 11.5 Å². The van der Waals surface area contributed by atoms with Crippen molar-refractivity contribution < 1.29 is 27.0 Å². The monoisotopic (exact) mass is 406 g/mol. The number of hydrogen-bond donors (Lipinski definition) is 1. The van der Waals surface area contributed by atoms with Crippen molar-refractivity contribution in [2.45, 2.75) is 19.3 Å². The topological polar surface area (TPSA) is 61.2 Å². The highest BCUT2D eigenvalue weighted by molar-refractivity contribution is 5.77. The summed E-state index contributed by atoms with van der Waals surface area (Å²) >= 11 is 0. The Labute approximate surface area is 162 Å². The number of aromatic nitrogens is 3. The Hall–Kier alpha value is -3.56. The fourth-order valence-electron chi connectivity index (χ4n) is 3.00. The molecule has 0 spiro atoms. The van der Waals surface area contributed by atoms with Crippen LogP contribution in [0.4, 0.5) is 23.5 Å². The van der Waals surface area contributed by atoms with Crippen molar-refractivity contribution in [1.82, 2.24) is 14.8 Å². The molecule has 0 aliphatic carbocycles. The smallest absolute Gasteiger partial charge is 0.387 e. The molecule has 6 nitrogen and oxygen atoms in total. The predicted octanol–water partition coefficient (Wildman–Crippen LogP) is 4.54. The average molecular weight is 406 g/mol. The fraction of sp³-hybridized carbons (Fsp3) is 0.158. The second-order valence-corrected chi connectivity index (χ2v) is 6.03. The van der Waals surface area contributed by atoms with Gasteiger partial charge in [0.15, 0.2) is 0 Å². The van der Waals surface area contributed by atoms with Gasteiger partial charge in [0.05, 0.1) is 0 Å². The summed E-state index contributed by atoms with van der Waals surface area (Å²) in [4.78, 5) is 4.17.